The second-order valence-electron chi connectivity index (χ2n) is 7.72. The average Bonchev–Trinajstić information content (AvgIpc) is 3.38. The van der Waals surface area contributed by atoms with Crippen molar-refractivity contribution in [3.8, 4) is 28.4 Å². The number of hydrogen-bond acceptors (Lipinski definition) is 5. The van der Waals surface area contributed by atoms with Crippen LogP contribution in [0.15, 0.2) is 105 Å². The molecule has 3 aromatic carbocycles. The van der Waals surface area contributed by atoms with Crippen LogP contribution in [-0.4, -0.2) is 12.4 Å². The van der Waals surface area contributed by atoms with Crippen molar-refractivity contribution in [2.75, 3.05) is 6.61 Å². The number of ketones is 1. The summed E-state index contributed by atoms with van der Waals surface area (Å²) >= 11 is 0. The molecule has 0 saturated heterocycles. The lowest BCUT2D eigenvalue weighted by atomic mass is 10.0. The predicted octanol–water partition coefficient (Wildman–Crippen LogP) is 6.29. The molecule has 5 aromatic rings. The van der Waals surface area contributed by atoms with Gasteiger partial charge in [0.05, 0.1) is 11.6 Å². The zero-order valence-corrected chi connectivity index (χ0v) is 17.9. The number of ether oxygens (including phenoxy) is 1. The third-order valence-electron chi connectivity index (χ3n) is 5.41. The van der Waals surface area contributed by atoms with E-state index in [0.29, 0.717) is 22.3 Å². The number of rotatable bonds is 6. The van der Waals surface area contributed by atoms with E-state index in [-0.39, 0.29) is 29.3 Å². The van der Waals surface area contributed by atoms with Crippen molar-refractivity contribution in [3.05, 3.63) is 113 Å². The van der Waals surface area contributed by atoms with Crippen molar-refractivity contribution in [2.45, 2.75) is 6.92 Å². The van der Waals surface area contributed by atoms with Gasteiger partial charge in [0.1, 0.15) is 5.58 Å². The first-order valence-electron chi connectivity index (χ1n) is 10.5. The lowest BCUT2D eigenvalue weighted by Crippen LogP contribution is -2.17. The van der Waals surface area contributed by atoms with Crippen molar-refractivity contribution in [1.29, 1.82) is 0 Å². The van der Waals surface area contributed by atoms with Gasteiger partial charge in [-0.05, 0) is 47.9 Å². The van der Waals surface area contributed by atoms with E-state index in [1.54, 1.807) is 36.4 Å². The van der Waals surface area contributed by atoms with Crippen molar-refractivity contribution >= 4 is 16.8 Å². The molecule has 0 bridgehead atoms. The van der Waals surface area contributed by atoms with Crippen molar-refractivity contribution in [2.24, 2.45) is 0 Å². The number of carbonyl (C=O) groups is 1. The summed E-state index contributed by atoms with van der Waals surface area (Å²) in [5, 5.41) is 0.380. The van der Waals surface area contributed by atoms with Crippen LogP contribution >= 0.6 is 0 Å². The molecule has 0 saturated carbocycles. The van der Waals surface area contributed by atoms with Gasteiger partial charge in [0, 0.05) is 5.56 Å². The molecule has 5 rings (SSSR count). The number of Topliss-reactive ketones (excluding diaryl/α,β-unsaturated/α-hetero) is 1. The first-order chi connectivity index (χ1) is 16.1. The summed E-state index contributed by atoms with van der Waals surface area (Å²) in [5.41, 5.74) is 3.61. The highest BCUT2D eigenvalue weighted by atomic mass is 16.5. The van der Waals surface area contributed by atoms with Crippen LogP contribution in [0.5, 0.6) is 5.75 Å². The molecule has 0 aliphatic carbocycles. The Balaban J connectivity index is 1.44. The van der Waals surface area contributed by atoms with Gasteiger partial charge in [0.15, 0.2) is 18.2 Å². The molecular weight excluding hydrogens is 416 g/mol. The highest BCUT2D eigenvalue weighted by molar-refractivity contribution is 5.97. The van der Waals surface area contributed by atoms with E-state index < -0.39 is 0 Å². The van der Waals surface area contributed by atoms with E-state index in [0.717, 1.165) is 16.7 Å². The summed E-state index contributed by atoms with van der Waals surface area (Å²) in [5.74, 6) is 0.222. The molecule has 162 valence electrons. The van der Waals surface area contributed by atoms with E-state index in [2.05, 4.69) is 0 Å². The largest absolute Gasteiger partial charge is 0.478 e. The molecule has 0 N–H and O–H groups in total. The monoisotopic (exact) mass is 436 g/mol. The molecule has 5 heteroatoms. The summed E-state index contributed by atoms with van der Waals surface area (Å²) in [4.78, 5) is 26.0. The maximum atomic E-state index is 13.2. The maximum Gasteiger partial charge on any atom is 0.235 e. The third kappa shape index (κ3) is 4.08. The maximum absolute atomic E-state index is 13.2. The molecule has 0 fully saturated rings. The van der Waals surface area contributed by atoms with Crippen molar-refractivity contribution in [3.63, 3.8) is 0 Å². The van der Waals surface area contributed by atoms with Gasteiger partial charge in [-0.15, -0.1) is 0 Å². The van der Waals surface area contributed by atoms with Gasteiger partial charge in [-0.3, -0.25) is 9.59 Å². The molecule has 0 aliphatic rings. The van der Waals surface area contributed by atoms with Crippen molar-refractivity contribution < 1.29 is 18.4 Å². The minimum absolute atomic E-state index is 0.0458. The smallest absolute Gasteiger partial charge is 0.235 e. The Labute approximate surface area is 189 Å². The first kappa shape index (κ1) is 20.5. The number of hydrogen-bond donors (Lipinski definition) is 0. The van der Waals surface area contributed by atoms with Crippen molar-refractivity contribution in [1.82, 2.24) is 0 Å². The van der Waals surface area contributed by atoms with Crippen LogP contribution in [0.1, 0.15) is 15.9 Å². The molecule has 33 heavy (non-hydrogen) atoms. The quantitative estimate of drug-likeness (QED) is 0.293. The fraction of sp³-hybridized carbons (Fsp3) is 0.0714. The Morgan fingerprint density at radius 1 is 0.879 bits per heavy atom. The van der Waals surface area contributed by atoms with Crippen LogP contribution in [-0.2, 0) is 0 Å². The van der Waals surface area contributed by atoms with Crippen LogP contribution in [0.2, 0.25) is 0 Å². The predicted molar refractivity (Wildman–Crippen MR) is 127 cm³/mol. The van der Waals surface area contributed by atoms with Gasteiger partial charge in [-0.1, -0.05) is 60.7 Å². The standard InChI is InChI=1S/C28H20O5/c1-18-9-14-22-25(16-18)33-27(24-8-5-15-31-24)28(26(22)30)32-17-23(29)21-12-10-20(11-13-21)19-6-3-2-4-7-19/h2-16H,17H2,1H3. The molecular formula is C28H20O5. The average molecular weight is 436 g/mol. The number of benzene rings is 3. The fourth-order valence-electron chi connectivity index (χ4n) is 3.68. The molecule has 0 atom stereocenters. The fourth-order valence-corrected chi connectivity index (χ4v) is 3.68. The Morgan fingerprint density at radius 2 is 1.64 bits per heavy atom. The number of furan rings is 1. The topological polar surface area (TPSA) is 69.7 Å². The van der Waals surface area contributed by atoms with Gasteiger partial charge >= 0.3 is 0 Å². The molecule has 0 amide bonds. The third-order valence-corrected chi connectivity index (χ3v) is 5.41. The normalized spacial score (nSPS) is 10.9. The van der Waals surface area contributed by atoms with E-state index >= 15 is 0 Å². The number of carbonyl (C=O) groups excluding carboxylic acids is 1. The zero-order chi connectivity index (χ0) is 22.8. The number of aryl methyl sites for hydroxylation is 1. The SMILES string of the molecule is Cc1ccc2c(=O)c(OCC(=O)c3ccc(-c4ccccc4)cc3)c(-c3ccco3)oc2c1. The summed E-state index contributed by atoms with van der Waals surface area (Å²) < 4.78 is 17.2. The Hall–Kier alpha value is -4.38. The van der Waals surface area contributed by atoms with Crippen LogP contribution in [0, 0.1) is 6.92 Å². The Kier molecular flexibility index (Phi) is 5.37. The number of fused-ring (bicyclic) bond motifs is 1. The molecule has 5 nitrogen and oxygen atoms in total. The molecule has 2 aromatic heterocycles. The van der Waals surface area contributed by atoms with Gasteiger partial charge < -0.3 is 13.6 Å². The lowest BCUT2D eigenvalue weighted by Gasteiger charge is -2.10. The molecule has 0 aliphatic heterocycles. The van der Waals surface area contributed by atoms with E-state index in [4.69, 9.17) is 13.6 Å². The summed E-state index contributed by atoms with van der Waals surface area (Å²) in [7, 11) is 0. The second kappa shape index (κ2) is 8.63. The highest BCUT2D eigenvalue weighted by Gasteiger charge is 2.21. The van der Waals surface area contributed by atoms with E-state index in [9.17, 15) is 9.59 Å². The second-order valence-corrected chi connectivity index (χ2v) is 7.72. The first-order valence-corrected chi connectivity index (χ1v) is 10.5. The van der Waals surface area contributed by atoms with Gasteiger partial charge in [0.2, 0.25) is 16.9 Å². The summed E-state index contributed by atoms with van der Waals surface area (Å²) in [6.45, 7) is 1.61. The Bertz CT molecular complexity index is 1480. The lowest BCUT2D eigenvalue weighted by molar-refractivity contribution is 0.0920. The van der Waals surface area contributed by atoms with Gasteiger partial charge in [-0.2, -0.15) is 0 Å². The minimum Gasteiger partial charge on any atom is -0.478 e. The van der Waals surface area contributed by atoms with Crippen LogP contribution < -0.4 is 10.2 Å². The zero-order valence-electron chi connectivity index (χ0n) is 17.9. The summed E-state index contributed by atoms with van der Waals surface area (Å²) in [6.07, 6.45) is 1.49. The molecule has 0 radical (unpaired) electrons. The molecule has 0 spiro atoms. The van der Waals surface area contributed by atoms with Gasteiger partial charge in [-0.25, -0.2) is 0 Å². The van der Waals surface area contributed by atoms with E-state index in [1.807, 2.05) is 55.5 Å². The molecule has 2 heterocycles. The van der Waals surface area contributed by atoms with E-state index in [1.165, 1.54) is 6.26 Å². The van der Waals surface area contributed by atoms with Crippen LogP contribution in [0.4, 0.5) is 0 Å². The Morgan fingerprint density at radius 3 is 2.36 bits per heavy atom. The van der Waals surface area contributed by atoms with Crippen LogP contribution in [0.3, 0.4) is 0 Å². The highest BCUT2D eigenvalue weighted by Crippen LogP contribution is 2.31. The molecule has 0 unspecified atom stereocenters. The van der Waals surface area contributed by atoms with Gasteiger partial charge in [0.25, 0.3) is 0 Å². The summed E-state index contributed by atoms with van der Waals surface area (Å²) in [6, 6.07) is 25.9. The minimum atomic E-state index is -0.352. The van der Waals surface area contributed by atoms with Crippen LogP contribution in [0.25, 0.3) is 33.6 Å².